The molecule has 1 aliphatic carbocycles. The number of carbonyl (C=O) groups excluding carboxylic acids is 1. The lowest BCUT2D eigenvalue weighted by Crippen LogP contribution is -2.55. The number of carbonyl (C=O) groups is 1. The first-order valence-corrected chi connectivity index (χ1v) is 12.6. The molecular weight excluding hydrogens is 413 g/mol. The summed E-state index contributed by atoms with van der Waals surface area (Å²) in [6.07, 6.45) is 7.31. The highest BCUT2D eigenvalue weighted by molar-refractivity contribution is 5.93. The molecule has 2 aromatic carbocycles. The highest BCUT2D eigenvalue weighted by atomic mass is 19.1. The summed E-state index contributed by atoms with van der Waals surface area (Å²) < 4.78 is 14.6. The quantitative estimate of drug-likeness (QED) is 0.643. The van der Waals surface area contributed by atoms with Crippen molar-refractivity contribution >= 4 is 11.6 Å². The van der Waals surface area contributed by atoms with Crippen LogP contribution in [0.5, 0.6) is 0 Å². The number of amides is 1. The van der Waals surface area contributed by atoms with E-state index in [2.05, 4.69) is 47.9 Å². The topological polar surface area (TPSA) is 49.6 Å². The SMILES string of the molecule is CC(C)c1ccccc1C1CCCN1C1CC2(CCN(c3ccc(C(N)=O)cc3F)CC2)C1. The zero-order valence-corrected chi connectivity index (χ0v) is 19.9. The number of anilines is 1. The molecule has 1 saturated carbocycles. The molecule has 1 unspecified atom stereocenters. The first-order valence-electron chi connectivity index (χ1n) is 12.6. The third-order valence-corrected chi connectivity index (χ3v) is 8.47. The van der Waals surface area contributed by atoms with Crippen molar-refractivity contribution in [3.05, 3.63) is 65.0 Å². The maximum absolute atomic E-state index is 14.6. The van der Waals surface area contributed by atoms with E-state index in [1.165, 1.54) is 49.4 Å². The van der Waals surface area contributed by atoms with Gasteiger partial charge in [-0.2, -0.15) is 0 Å². The second kappa shape index (κ2) is 8.75. The molecule has 5 heteroatoms. The van der Waals surface area contributed by atoms with Crippen molar-refractivity contribution < 1.29 is 9.18 Å². The highest BCUT2D eigenvalue weighted by Gasteiger charge is 2.50. The minimum absolute atomic E-state index is 0.228. The summed E-state index contributed by atoms with van der Waals surface area (Å²) in [5.41, 5.74) is 9.56. The van der Waals surface area contributed by atoms with Gasteiger partial charge in [0.05, 0.1) is 5.69 Å². The number of halogens is 1. The molecule has 1 atom stereocenters. The van der Waals surface area contributed by atoms with Crippen molar-refractivity contribution in [1.82, 2.24) is 4.90 Å². The second-order valence-corrected chi connectivity index (χ2v) is 10.8. The number of likely N-dealkylation sites (tertiary alicyclic amines) is 1. The molecule has 5 rings (SSSR count). The van der Waals surface area contributed by atoms with E-state index in [0.29, 0.717) is 29.1 Å². The van der Waals surface area contributed by atoms with Crippen LogP contribution < -0.4 is 10.6 Å². The number of primary amides is 1. The fourth-order valence-electron chi connectivity index (χ4n) is 6.62. The monoisotopic (exact) mass is 449 g/mol. The van der Waals surface area contributed by atoms with Gasteiger partial charge in [-0.15, -0.1) is 0 Å². The lowest BCUT2D eigenvalue weighted by molar-refractivity contribution is -0.0228. The third-order valence-electron chi connectivity index (χ3n) is 8.47. The molecule has 2 heterocycles. The van der Waals surface area contributed by atoms with Crippen LogP contribution in [-0.2, 0) is 0 Å². The Labute approximate surface area is 196 Å². The van der Waals surface area contributed by atoms with Gasteiger partial charge in [-0.25, -0.2) is 4.39 Å². The van der Waals surface area contributed by atoms with E-state index in [9.17, 15) is 9.18 Å². The lowest BCUT2D eigenvalue weighted by atomic mass is 9.59. The summed E-state index contributed by atoms with van der Waals surface area (Å²) in [6, 6.07) is 14.9. The molecule has 1 amide bonds. The Kier molecular flexibility index (Phi) is 5.94. The number of hydrogen-bond acceptors (Lipinski definition) is 3. The van der Waals surface area contributed by atoms with Crippen LogP contribution in [0.1, 0.15) is 85.8 Å². The van der Waals surface area contributed by atoms with Gasteiger partial charge in [0, 0.05) is 30.7 Å². The van der Waals surface area contributed by atoms with E-state index in [1.807, 2.05) is 0 Å². The van der Waals surface area contributed by atoms with E-state index < -0.39 is 5.91 Å². The van der Waals surface area contributed by atoms with Gasteiger partial charge in [0.25, 0.3) is 0 Å². The van der Waals surface area contributed by atoms with E-state index in [0.717, 1.165) is 25.9 Å². The largest absolute Gasteiger partial charge is 0.369 e. The van der Waals surface area contributed by atoms with Crippen molar-refractivity contribution in [2.24, 2.45) is 11.1 Å². The van der Waals surface area contributed by atoms with Gasteiger partial charge in [0.1, 0.15) is 5.82 Å². The molecule has 2 aliphatic heterocycles. The summed E-state index contributed by atoms with van der Waals surface area (Å²) in [6.45, 7) is 7.56. The molecule has 3 aliphatic rings. The fourth-order valence-corrected chi connectivity index (χ4v) is 6.62. The van der Waals surface area contributed by atoms with Crippen LogP contribution >= 0.6 is 0 Å². The van der Waals surface area contributed by atoms with Gasteiger partial charge in [0.15, 0.2) is 0 Å². The van der Waals surface area contributed by atoms with Crippen LogP contribution in [0.2, 0.25) is 0 Å². The zero-order valence-electron chi connectivity index (χ0n) is 19.9. The van der Waals surface area contributed by atoms with E-state index in [4.69, 9.17) is 5.73 Å². The maximum Gasteiger partial charge on any atom is 0.248 e. The Morgan fingerprint density at radius 1 is 1.09 bits per heavy atom. The predicted octanol–water partition coefficient (Wildman–Crippen LogP) is 5.63. The van der Waals surface area contributed by atoms with Crippen LogP contribution in [0.15, 0.2) is 42.5 Å². The summed E-state index contributed by atoms with van der Waals surface area (Å²) in [5.74, 6) is -0.384. The summed E-state index contributed by atoms with van der Waals surface area (Å²) >= 11 is 0. The first kappa shape index (κ1) is 22.4. The van der Waals surface area contributed by atoms with Gasteiger partial charge in [-0.1, -0.05) is 38.1 Å². The summed E-state index contributed by atoms with van der Waals surface area (Å²) in [4.78, 5) is 16.2. The molecule has 0 bridgehead atoms. The van der Waals surface area contributed by atoms with Gasteiger partial charge >= 0.3 is 0 Å². The van der Waals surface area contributed by atoms with Crippen LogP contribution in [0, 0.1) is 11.2 Å². The van der Waals surface area contributed by atoms with Crippen molar-refractivity contribution in [1.29, 1.82) is 0 Å². The first-order chi connectivity index (χ1) is 15.9. The minimum atomic E-state index is -0.588. The maximum atomic E-state index is 14.6. The smallest absolute Gasteiger partial charge is 0.248 e. The molecule has 2 saturated heterocycles. The standard InChI is InChI=1S/C28H36FN3O/c1-19(2)22-6-3-4-7-23(22)25-8-5-13-32(25)21-17-28(18-21)11-14-31(15-12-28)26-10-9-20(27(30)33)16-24(26)29/h3-4,6-7,9-10,16,19,21,25H,5,8,11-15,17-18H2,1-2H3,(H2,30,33). The van der Waals surface area contributed by atoms with Gasteiger partial charge in [0.2, 0.25) is 5.91 Å². The van der Waals surface area contributed by atoms with Gasteiger partial charge < -0.3 is 10.6 Å². The Hall–Kier alpha value is -2.40. The molecule has 0 aromatic heterocycles. The number of nitrogens with zero attached hydrogens (tertiary/aromatic N) is 2. The average Bonchev–Trinajstić information content (AvgIpc) is 3.27. The van der Waals surface area contributed by atoms with Crippen molar-refractivity contribution in [2.75, 3.05) is 24.5 Å². The minimum Gasteiger partial charge on any atom is -0.369 e. The van der Waals surface area contributed by atoms with Crippen LogP contribution in [0.3, 0.4) is 0 Å². The number of benzene rings is 2. The Morgan fingerprint density at radius 2 is 1.82 bits per heavy atom. The van der Waals surface area contributed by atoms with Gasteiger partial charge in [-0.3, -0.25) is 9.69 Å². The molecule has 2 N–H and O–H groups in total. The van der Waals surface area contributed by atoms with Gasteiger partial charge in [-0.05, 0) is 85.7 Å². The Bertz CT molecular complexity index is 1020. The second-order valence-electron chi connectivity index (χ2n) is 10.8. The zero-order chi connectivity index (χ0) is 23.2. The molecular formula is C28H36FN3O. The summed E-state index contributed by atoms with van der Waals surface area (Å²) in [5, 5.41) is 0. The third kappa shape index (κ3) is 4.16. The molecule has 1 spiro atoms. The number of nitrogens with two attached hydrogens (primary N) is 1. The van der Waals surface area contributed by atoms with Crippen LogP contribution in [-0.4, -0.2) is 36.5 Å². The predicted molar refractivity (Wildman–Crippen MR) is 131 cm³/mol. The highest BCUT2D eigenvalue weighted by Crippen LogP contribution is 2.54. The molecule has 0 radical (unpaired) electrons. The van der Waals surface area contributed by atoms with Crippen molar-refractivity contribution in [3.63, 3.8) is 0 Å². The fraction of sp³-hybridized carbons (Fsp3) is 0.536. The van der Waals surface area contributed by atoms with E-state index >= 15 is 0 Å². The average molecular weight is 450 g/mol. The van der Waals surface area contributed by atoms with E-state index in [1.54, 1.807) is 12.1 Å². The van der Waals surface area contributed by atoms with Crippen LogP contribution in [0.4, 0.5) is 10.1 Å². The molecule has 33 heavy (non-hydrogen) atoms. The van der Waals surface area contributed by atoms with Crippen molar-refractivity contribution in [3.8, 4) is 0 Å². The number of rotatable bonds is 5. The number of hydrogen-bond donors (Lipinski definition) is 1. The summed E-state index contributed by atoms with van der Waals surface area (Å²) in [7, 11) is 0. The normalized spacial score (nSPS) is 23.3. The Balaban J connectivity index is 1.22. The molecule has 3 fully saturated rings. The molecule has 2 aromatic rings. The number of piperidine rings is 1. The lowest BCUT2D eigenvalue weighted by Gasteiger charge is -2.56. The molecule has 4 nitrogen and oxygen atoms in total. The van der Waals surface area contributed by atoms with Crippen LogP contribution in [0.25, 0.3) is 0 Å². The molecule has 176 valence electrons. The Morgan fingerprint density at radius 3 is 2.48 bits per heavy atom. The van der Waals surface area contributed by atoms with E-state index in [-0.39, 0.29) is 11.4 Å². The van der Waals surface area contributed by atoms with Crippen molar-refractivity contribution in [2.45, 2.75) is 70.4 Å².